The Hall–Kier alpha value is -3.82. The number of unbranched alkanes of at least 4 members (excludes halogenated alkanes) is 3. The Morgan fingerprint density at radius 3 is 1.27 bits per heavy atom. The lowest BCUT2D eigenvalue weighted by Gasteiger charge is -2.06. The summed E-state index contributed by atoms with van der Waals surface area (Å²) >= 11 is 0. The van der Waals surface area contributed by atoms with Gasteiger partial charge >= 0.3 is 11.9 Å². The maximum atomic E-state index is 11.8. The van der Waals surface area contributed by atoms with E-state index in [0.717, 1.165) is 12.8 Å². The van der Waals surface area contributed by atoms with Crippen LogP contribution in [0, 0.1) is 20.2 Å². The lowest BCUT2D eigenvalue weighted by molar-refractivity contribution is -0.385. The van der Waals surface area contributed by atoms with Gasteiger partial charge in [0.1, 0.15) is 0 Å². The third kappa shape index (κ3) is 6.97. The lowest BCUT2D eigenvalue weighted by Crippen LogP contribution is -2.07. The van der Waals surface area contributed by atoms with Crippen molar-refractivity contribution >= 4 is 23.3 Å². The molecule has 0 atom stereocenters. The van der Waals surface area contributed by atoms with Crippen LogP contribution in [-0.4, -0.2) is 35.0 Å². The van der Waals surface area contributed by atoms with Crippen LogP contribution in [0.3, 0.4) is 0 Å². The summed E-state index contributed by atoms with van der Waals surface area (Å²) in [6.45, 7) is 0.441. The van der Waals surface area contributed by atoms with Gasteiger partial charge in [-0.05, 0) is 49.9 Å². The fraction of sp³-hybridized carbons (Fsp3) is 0.300. The van der Waals surface area contributed by atoms with Crippen LogP contribution in [0.25, 0.3) is 0 Å². The van der Waals surface area contributed by atoms with E-state index >= 15 is 0 Å². The number of nitro groups is 2. The molecule has 0 aromatic heterocycles. The fourth-order valence-electron chi connectivity index (χ4n) is 2.49. The van der Waals surface area contributed by atoms with Crippen LogP contribution in [0.5, 0.6) is 0 Å². The van der Waals surface area contributed by atoms with Crippen molar-refractivity contribution in [2.45, 2.75) is 25.7 Å². The molecular weight excluding hydrogens is 396 g/mol. The molecule has 0 spiro atoms. The van der Waals surface area contributed by atoms with Gasteiger partial charge in [-0.15, -0.1) is 0 Å². The van der Waals surface area contributed by atoms with Crippen molar-refractivity contribution in [1.29, 1.82) is 0 Å². The fourth-order valence-corrected chi connectivity index (χ4v) is 2.49. The van der Waals surface area contributed by atoms with Gasteiger partial charge < -0.3 is 9.47 Å². The highest BCUT2D eigenvalue weighted by Gasteiger charge is 2.11. The number of ether oxygens (including phenoxy) is 2. The van der Waals surface area contributed by atoms with Crippen LogP contribution in [0.1, 0.15) is 46.4 Å². The summed E-state index contributed by atoms with van der Waals surface area (Å²) in [6, 6.07) is 10.4. The summed E-state index contributed by atoms with van der Waals surface area (Å²) in [5.74, 6) is -1.08. The molecule has 0 aliphatic rings. The van der Waals surface area contributed by atoms with Crippen LogP contribution >= 0.6 is 0 Å². The molecule has 10 nitrogen and oxygen atoms in total. The third-order valence-electron chi connectivity index (χ3n) is 4.13. The van der Waals surface area contributed by atoms with Gasteiger partial charge in [0.2, 0.25) is 0 Å². The molecule has 2 aromatic carbocycles. The van der Waals surface area contributed by atoms with Crippen LogP contribution in [-0.2, 0) is 9.47 Å². The molecular formula is C20H20N2O8. The largest absolute Gasteiger partial charge is 0.462 e. The van der Waals surface area contributed by atoms with E-state index in [1.54, 1.807) is 0 Å². The van der Waals surface area contributed by atoms with Gasteiger partial charge in [0.25, 0.3) is 11.4 Å². The first kappa shape index (κ1) is 22.5. The highest BCUT2D eigenvalue weighted by atomic mass is 16.6. The van der Waals surface area contributed by atoms with Crippen LogP contribution in [0.4, 0.5) is 11.4 Å². The van der Waals surface area contributed by atoms with Crippen LogP contribution in [0.15, 0.2) is 48.5 Å². The second-order valence-electron chi connectivity index (χ2n) is 6.29. The predicted molar refractivity (Wildman–Crippen MR) is 105 cm³/mol. The summed E-state index contributed by atoms with van der Waals surface area (Å²) < 4.78 is 10.2. The summed E-state index contributed by atoms with van der Waals surface area (Å²) in [5, 5.41) is 21.2. The number of hydrogen-bond acceptors (Lipinski definition) is 8. The quantitative estimate of drug-likeness (QED) is 0.231. The van der Waals surface area contributed by atoms with Gasteiger partial charge in [0, 0.05) is 24.3 Å². The smallest absolute Gasteiger partial charge is 0.338 e. The normalized spacial score (nSPS) is 10.3. The first-order valence-electron chi connectivity index (χ1n) is 9.21. The maximum absolute atomic E-state index is 11.8. The first-order chi connectivity index (χ1) is 14.4. The van der Waals surface area contributed by atoms with Crippen molar-refractivity contribution in [3.8, 4) is 0 Å². The van der Waals surface area contributed by atoms with E-state index in [-0.39, 0.29) is 35.7 Å². The van der Waals surface area contributed by atoms with Crippen LogP contribution in [0.2, 0.25) is 0 Å². The number of carbonyl (C=O) groups is 2. The Balaban J connectivity index is 1.56. The summed E-state index contributed by atoms with van der Waals surface area (Å²) in [7, 11) is 0. The van der Waals surface area contributed by atoms with Gasteiger partial charge in [-0.3, -0.25) is 20.2 Å². The van der Waals surface area contributed by atoms with E-state index in [4.69, 9.17) is 9.47 Å². The van der Waals surface area contributed by atoms with E-state index < -0.39 is 21.8 Å². The summed E-state index contributed by atoms with van der Waals surface area (Å²) in [5.41, 5.74) is 0.305. The Bertz CT molecular complexity index is 819. The maximum Gasteiger partial charge on any atom is 0.338 e. The number of benzene rings is 2. The van der Waals surface area contributed by atoms with Gasteiger partial charge in [-0.2, -0.15) is 0 Å². The number of esters is 2. The zero-order chi connectivity index (χ0) is 21.9. The Morgan fingerprint density at radius 1 is 0.633 bits per heavy atom. The van der Waals surface area contributed by atoms with Crippen molar-refractivity contribution < 1.29 is 28.9 Å². The average molecular weight is 416 g/mol. The highest BCUT2D eigenvalue weighted by molar-refractivity contribution is 5.90. The van der Waals surface area contributed by atoms with E-state index in [2.05, 4.69) is 0 Å². The van der Waals surface area contributed by atoms with Gasteiger partial charge in [-0.1, -0.05) is 0 Å². The molecule has 0 amide bonds. The molecule has 2 rings (SSSR count). The number of non-ortho nitro benzene ring substituents is 2. The molecule has 158 valence electrons. The molecule has 0 N–H and O–H groups in total. The minimum Gasteiger partial charge on any atom is -0.462 e. The molecule has 30 heavy (non-hydrogen) atoms. The number of rotatable bonds is 11. The molecule has 0 saturated carbocycles. The number of hydrogen-bond donors (Lipinski definition) is 0. The van der Waals surface area contributed by atoms with Crippen molar-refractivity contribution in [2.24, 2.45) is 0 Å². The standard InChI is InChI=1S/C20H20N2O8/c23-19(15-5-9-17(10-6-15)21(25)26)29-13-3-1-2-4-14-30-20(24)16-7-11-18(12-8-16)22(27)28/h5-12H,1-4,13-14H2. The molecule has 0 saturated heterocycles. The van der Waals surface area contributed by atoms with E-state index in [1.807, 2.05) is 0 Å². The first-order valence-corrected chi connectivity index (χ1v) is 9.21. The molecule has 0 radical (unpaired) electrons. The summed E-state index contributed by atoms with van der Waals surface area (Å²) in [6.07, 6.45) is 2.80. The highest BCUT2D eigenvalue weighted by Crippen LogP contribution is 2.14. The van der Waals surface area contributed by atoms with Crippen molar-refractivity contribution in [3.63, 3.8) is 0 Å². The van der Waals surface area contributed by atoms with Gasteiger partial charge in [-0.25, -0.2) is 9.59 Å². The Labute approximate surface area is 171 Å². The third-order valence-corrected chi connectivity index (χ3v) is 4.13. The lowest BCUT2D eigenvalue weighted by atomic mass is 10.2. The minimum absolute atomic E-state index is 0.0965. The molecule has 0 aliphatic carbocycles. The van der Waals surface area contributed by atoms with E-state index in [9.17, 15) is 29.8 Å². The number of nitrogens with zero attached hydrogens (tertiary/aromatic N) is 2. The number of nitro benzene ring substituents is 2. The molecule has 10 heteroatoms. The molecule has 0 heterocycles. The monoisotopic (exact) mass is 416 g/mol. The molecule has 0 bridgehead atoms. The van der Waals surface area contributed by atoms with Crippen molar-refractivity contribution in [1.82, 2.24) is 0 Å². The number of carbonyl (C=O) groups excluding carboxylic acids is 2. The second-order valence-corrected chi connectivity index (χ2v) is 6.29. The zero-order valence-electron chi connectivity index (χ0n) is 16.0. The van der Waals surface area contributed by atoms with Gasteiger partial charge in [0.05, 0.1) is 34.2 Å². The van der Waals surface area contributed by atoms with Gasteiger partial charge in [0.15, 0.2) is 0 Å². The minimum atomic E-state index is -0.543. The van der Waals surface area contributed by atoms with Crippen LogP contribution < -0.4 is 0 Å². The Morgan fingerprint density at radius 2 is 0.967 bits per heavy atom. The Kier molecular flexibility index (Phi) is 8.42. The molecule has 2 aromatic rings. The topological polar surface area (TPSA) is 139 Å². The van der Waals surface area contributed by atoms with Crippen molar-refractivity contribution in [3.05, 3.63) is 79.9 Å². The molecule has 0 unspecified atom stereocenters. The molecule has 0 aliphatic heterocycles. The second kappa shape index (κ2) is 11.2. The molecule has 0 fully saturated rings. The van der Waals surface area contributed by atoms with E-state index in [1.165, 1.54) is 48.5 Å². The SMILES string of the molecule is O=C(OCCCCCCOC(=O)c1ccc([N+](=O)[O-])cc1)c1ccc([N+](=O)[O-])cc1. The predicted octanol–water partition coefficient (Wildman–Crippen LogP) is 4.08. The van der Waals surface area contributed by atoms with Crippen molar-refractivity contribution in [2.75, 3.05) is 13.2 Å². The zero-order valence-corrected chi connectivity index (χ0v) is 16.0. The average Bonchev–Trinajstić information content (AvgIpc) is 2.75. The summed E-state index contributed by atoms with van der Waals surface area (Å²) in [4.78, 5) is 43.8. The van der Waals surface area contributed by atoms with E-state index in [0.29, 0.717) is 12.8 Å².